The van der Waals surface area contributed by atoms with Gasteiger partial charge in [-0.2, -0.15) is 13.2 Å². The number of nitrogens with zero attached hydrogens (tertiary/aromatic N) is 4. The van der Waals surface area contributed by atoms with Gasteiger partial charge in [0.2, 0.25) is 5.82 Å². The Hall–Kier alpha value is -2.29. The largest absolute Gasteiger partial charge is 0.451 e. The van der Waals surface area contributed by atoms with Crippen LogP contribution in [0.25, 0.3) is 0 Å². The number of hydrogen-bond donors (Lipinski definition) is 1. The average Bonchev–Trinajstić information content (AvgIpc) is 2.40. The van der Waals surface area contributed by atoms with E-state index in [0.717, 1.165) is 12.4 Å². The van der Waals surface area contributed by atoms with Crippen molar-refractivity contribution >= 4 is 23.3 Å². The highest BCUT2D eigenvalue weighted by atomic mass is 35.5. The standard InChI is InChI=1S/C10H5ClF3N5O/c11-6-1-2-7(19-18-6)17-8(20)5-3-15-9(16-4-5)10(12,13)14/h1-4H,(H,17,19,20). The quantitative estimate of drug-likeness (QED) is 0.920. The van der Waals surface area contributed by atoms with Crippen LogP contribution in [0.5, 0.6) is 0 Å². The van der Waals surface area contributed by atoms with E-state index in [1.165, 1.54) is 12.1 Å². The van der Waals surface area contributed by atoms with Gasteiger partial charge >= 0.3 is 6.18 Å². The molecule has 0 radical (unpaired) electrons. The molecule has 10 heteroatoms. The molecule has 0 unspecified atom stereocenters. The highest BCUT2D eigenvalue weighted by molar-refractivity contribution is 6.29. The van der Waals surface area contributed by atoms with Gasteiger partial charge in [-0.25, -0.2) is 9.97 Å². The molecule has 2 rings (SSSR count). The zero-order valence-electron chi connectivity index (χ0n) is 9.52. The van der Waals surface area contributed by atoms with Crippen LogP contribution >= 0.6 is 11.6 Å². The van der Waals surface area contributed by atoms with Gasteiger partial charge in [-0.3, -0.25) is 4.79 Å². The van der Waals surface area contributed by atoms with Gasteiger partial charge in [-0.15, -0.1) is 10.2 Å². The highest BCUT2D eigenvalue weighted by Crippen LogP contribution is 2.25. The van der Waals surface area contributed by atoms with E-state index in [4.69, 9.17) is 11.6 Å². The lowest BCUT2D eigenvalue weighted by Crippen LogP contribution is -2.16. The molecule has 0 aliphatic rings. The van der Waals surface area contributed by atoms with Crippen LogP contribution in [0.2, 0.25) is 5.15 Å². The number of aromatic nitrogens is 4. The van der Waals surface area contributed by atoms with E-state index < -0.39 is 17.9 Å². The second-order valence-corrected chi connectivity index (χ2v) is 3.88. The van der Waals surface area contributed by atoms with Gasteiger partial charge in [0.15, 0.2) is 11.0 Å². The highest BCUT2D eigenvalue weighted by Gasteiger charge is 2.34. The molecule has 0 fully saturated rings. The molecule has 0 bridgehead atoms. The number of carbonyl (C=O) groups excluding carboxylic acids is 1. The summed E-state index contributed by atoms with van der Waals surface area (Å²) in [5, 5.41) is 9.51. The molecule has 6 nitrogen and oxygen atoms in total. The van der Waals surface area contributed by atoms with E-state index in [1.807, 2.05) is 0 Å². The number of rotatable bonds is 2. The van der Waals surface area contributed by atoms with E-state index in [0.29, 0.717) is 0 Å². The Kier molecular flexibility index (Phi) is 3.79. The van der Waals surface area contributed by atoms with E-state index in [-0.39, 0.29) is 16.5 Å². The number of amides is 1. The molecule has 0 saturated heterocycles. The Balaban J connectivity index is 2.11. The normalized spacial score (nSPS) is 11.2. The SMILES string of the molecule is O=C(Nc1ccc(Cl)nn1)c1cnc(C(F)(F)F)nc1. The first kappa shape index (κ1) is 14.1. The Morgan fingerprint density at radius 1 is 1.15 bits per heavy atom. The molecular weight excluding hydrogens is 299 g/mol. The average molecular weight is 304 g/mol. The zero-order valence-corrected chi connectivity index (χ0v) is 10.3. The van der Waals surface area contributed by atoms with E-state index >= 15 is 0 Å². The summed E-state index contributed by atoms with van der Waals surface area (Å²) >= 11 is 5.51. The molecule has 0 spiro atoms. The first-order valence-electron chi connectivity index (χ1n) is 5.06. The summed E-state index contributed by atoms with van der Waals surface area (Å²) in [6, 6.07) is 2.78. The van der Waals surface area contributed by atoms with Crippen molar-refractivity contribution in [3.8, 4) is 0 Å². The van der Waals surface area contributed by atoms with Crippen LogP contribution in [0.4, 0.5) is 19.0 Å². The first-order chi connectivity index (χ1) is 9.36. The van der Waals surface area contributed by atoms with Crippen LogP contribution in [0.1, 0.15) is 16.2 Å². The molecule has 2 aromatic heterocycles. The fourth-order valence-electron chi connectivity index (χ4n) is 1.16. The fraction of sp³-hybridized carbons (Fsp3) is 0.100. The molecular formula is C10H5ClF3N5O. The summed E-state index contributed by atoms with van der Waals surface area (Å²) in [6.45, 7) is 0. The predicted molar refractivity (Wildman–Crippen MR) is 62.0 cm³/mol. The fourth-order valence-corrected chi connectivity index (χ4v) is 1.26. The van der Waals surface area contributed by atoms with Crippen LogP contribution in [0, 0.1) is 0 Å². The molecule has 0 aromatic carbocycles. The van der Waals surface area contributed by atoms with Gasteiger partial charge in [0.1, 0.15) is 0 Å². The molecule has 0 saturated carbocycles. The van der Waals surface area contributed by atoms with E-state index in [9.17, 15) is 18.0 Å². The van der Waals surface area contributed by atoms with Crippen molar-refractivity contribution in [1.29, 1.82) is 0 Å². The third kappa shape index (κ3) is 3.38. The summed E-state index contributed by atoms with van der Waals surface area (Å²) in [5.41, 5.74) is -0.144. The summed E-state index contributed by atoms with van der Waals surface area (Å²) in [5.74, 6) is -1.94. The van der Waals surface area contributed by atoms with Crippen molar-refractivity contribution in [2.45, 2.75) is 6.18 Å². The summed E-state index contributed by atoms with van der Waals surface area (Å²) in [6.07, 6.45) is -3.11. The molecule has 2 aromatic rings. The summed E-state index contributed by atoms with van der Waals surface area (Å²) in [4.78, 5) is 17.8. The van der Waals surface area contributed by atoms with Crippen molar-refractivity contribution in [1.82, 2.24) is 20.2 Å². The van der Waals surface area contributed by atoms with E-state index in [2.05, 4.69) is 25.5 Å². The molecule has 2 heterocycles. The predicted octanol–water partition coefficient (Wildman–Crippen LogP) is 2.19. The van der Waals surface area contributed by atoms with Crippen molar-refractivity contribution in [3.05, 3.63) is 41.1 Å². The number of alkyl halides is 3. The molecule has 0 aliphatic carbocycles. The maximum atomic E-state index is 12.2. The van der Waals surface area contributed by atoms with Crippen molar-refractivity contribution in [3.63, 3.8) is 0 Å². The van der Waals surface area contributed by atoms with Crippen molar-refractivity contribution < 1.29 is 18.0 Å². The van der Waals surface area contributed by atoms with Crippen LogP contribution in [0.15, 0.2) is 24.5 Å². The molecule has 104 valence electrons. The minimum absolute atomic E-state index is 0.0966. The Morgan fingerprint density at radius 2 is 1.80 bits per heavy atom. The lowest BCUT2D eigenvalue weighted by atomic mass is 10.3. The van der Waals surface area contributed by atoms with Gasteiger partial charge in [0, 0.05) is 12.4 Å². The second-order valence-electron chi connectivity index (χ2n) is 3.49. The lowest BCUT2D eigenvalue weighted by Gasteiger charge is -2.06. The maximum absolute atomic E-state index is 12.2. The van der Waals surface area contributed by atoms with Crippen molar-refractivity contribution in [2.24, 2.45) is 0 Å². The van der Waals surface area contributed by atoms with Crippen molar-refractivity contribution in [2.75, 3.05) is 5.32 Å². The molecule has 0 aliphatic heterocycles. The smallest absolute Gasteiger partial charge is 0.305 e. The molecule has 0 atom stereocenters. The van der Waals surface area contributed by atoms with Crippen LogP contribution in [-0.2, 0) is 6.18 Å². The lowest BCUT2D eigenvalue weighted by molar-refractivity contribution is -0.145. The van der Waals surface area contributed by atoms with Crippen LogP contribution in [0.3, 0.4) is 0 Å². The van der Waals surface area contributed by atoms with Gasteiger partial charge < -0.3 is 5.32 Å². The number of hydrogen-bond acceptors (Lipinski definition) is 5. The number of carbonyl (C=O) groups is 1. The molecule has 20 heavy (non-hydrogen) atoms. The monoisotopic (exact) mass is 303 g/mol. The topological polar surface area (TPSA) is 80.7 Å². The van der Waals surface area contributed by atoms with E-state index in [1.54, 1.807) is 0 Å². The Labute approximate surface area is 115 Å². The minimum Gasteiger partial charge on any atom is -0.305 e. The first-order valence-corrected chi connectivity index (χ1v) is 5.44. The van der Waals surface area contributed by atoms with Gasteiger partial charge in [0.05, 0.1) is 5.56 Å². The Morgan fingerprint density at radius 3 is 2.30 bits per heavy atom. The Bertz CT molecular complexity index is 614. The number of anilines is 1. The van der Waals surface area contributed by atoms with Gasteiger partial charge in [-0.05, 0) is 12.1 Å². The minimum atomic E-state index is -4.66. The molecule has 1 N–H and O–H groups in total. The number of halogens is 4. The summed E-state index contributed by atoms with van der Waals surface area (Å²) < 4.78 is 36.7. The maximum Gasteiger partial charge on any atom is 0.451 e. The van der Waals surface area contributed by atoms with Crippen LogP contribution < -0.4 is 5.32 Å². The third-order valence-corrected chi connectivity index (χ3v) is 2.24. The zero-order chi connectivity index (χ0) is 14.8. The van der Waals surface area contributed by atoms with Gasteiger partial charge in [0.25, 0.3) is 5.91 Å². The third-order valence-electron chi connectivity index (χ3n) is 2.04. The second kappa shape index (κ2) is 5.37. The molecule has 1 amide bonds. The van der Waals surface area contributed by atoms with Gasteiger partial charge in [-0.1, -0.05) is 11.6 Å². The number of nitrogens with one attached hydrogen (secondary N) is 1. The van der Waals surface area contributed by atoms with Crippen LogP contribution in [-0.4, -0.2) is 26.1 Å². The summed E-state index contributed by atoms with van der Waals surface area (Å²) in [7, 11) is 0.